The van der Waals surface area contributed by atoms with E-state index in [1.807, 2.05) is 0 Å². The molecule has 3 nitrogen and oxygen atoms in total. The third kappa shape index (κ3) is 5.62. The highest BCUT2D eigenvalue weighted by Gasteiger charge is 1.93. The van der Waals surface area contributed by atoms with Gasteiger partial charge in [0, 0.05) is 0 Å². The van der Waals surface area contributed by atoms with Crippen LogP contribution in [0, 0.1) is 6.48 Å². The van der Waals surface area contributed by atoms with Crippen LogP contribution in [0.4, 0.5) is 0 Å². The summed E-state index contributed by atoms with van der Waals surface area (Å²) in [6, 6.07) is 0. The molecule has 0 aromatic heterocycles. The van der Waals surface area contributed by atoms with Gasteiger partial charge in [0.25, 0.3) is 0 Å². The molecule has 0 fully saturated rings. The Bertz CT molecular complexity index is 50.9. The van der Waals surface area contributed by atoms with Crippen LogP contribution in [-0.4, -0.2) is 16.8 Å². The van der Waals surface area contributed by atoms with Crippen LogP contribution in [0.2, 0.25) is 0 Å². The summed E-state index contributed by atoms with van der Waals surface area (Å²) in [4.78, 5) is 0. The van der Waals surface area contributed by atoms with Crippen LogP contribution < -0.4 is 0 Å². The number of rotatable bonds is 3. The number of aliphatic hydroxyl groups excluding tert-OH is 1. The Morgan fingerprint density at radius 3 is 2.43 bits per heavy atom. The minimum absolute atomic E-state index is 0.127. The summed E-state index contributed by atoms with van der Waals surface area (Å²) in [6.45, 7) is 2.39. The molecule has 0 saturated carbocycles. The summed E-state index contributed by atoms with van der Waals surface area (Å²) in [5, 5.41) is 15.8. The highest BCUT2D eigenvalue weighted by molar-refractivity contribution is 4.64. The Labute approximate surface area is 41.8 Å². The minimum atomic E-state index is -1.01. The number of hydrogen-bond acceptors (Lipinski definition) is 3. The Hall–Kier alpha value is -0.380. The molecular weight excluding hydrogens is 96.0 g/mol. The summed E-state index contributed by atoms with van der Waals surface area (Å²) in [5.41, 5.74) is 0. The maximum absolute atomic E-state index is 7.89. The van der Waals surface area contributed by atoms with E-state index >= 15 is 0 Å². The minimum Gasteiger partial charge on any atom is -0.337 e. The fourth-order valence-electron chi connectivity index (χ4n) is 0.133. The van der Waals surface area contributed by atoms with E-state index < -0.39 is 6.48 Å². The molecule has 41 valence electrons. The third-order valence-electron chi connectivity index (χ3n) is 0.330. The van der Waals surface area contributed by atoms with Crippen molar-refractivity contribution in [3.8, 4) is 0 Å². The Kier molecular flexibility index (Phi) is 3.59. The Morgan fingerprint density at radius 1 is 1.71 bits per heavy atom. The molecular formula is C4H7O3. The van der Waals surface area contributed by atoms with Crippen molar-refractivity contribution >= 4 is 0 Å². The van der Waals surface area contributed by atoms with Gasteiger partial charge in [-0.15, -0.1) is 6.58 Å². The first-order valence-electron chi connectivity index (χ1n) is 1.76. The summed E-state index contributed by atoms with van der Waals surface area (Å²) >= 11 is 0. The molecule has 1 radical (unpaired) electrons. The quantitative estimate of drug-likeness (QED) is 0.508. The normalized spacial score (nSPS) is 9.57. The zero-order valence-corrected chi connectivity index (χ0v) is 3.79. The average Bonchev–Trinajstić information content (AvgIpc) is 1.61. The molecule has 0 amide bonds. The second-order valence-electron chi connectivity index (χ2n) is 0.882. The van der Waals surface area contributed by atoms with E-state index in [1.165, 1.54) is 6.08 Å². The summed E-state index contributed by atoms with van der Waals surface area (Å²) < 4.78 is 4.10. The fourth-order valence-corrected chi connectivity index (χ4v) is 0.133. The van der Waals surface area contributed by atoms with Crippen LogP contribution in [0.15, 0.2) is 12.7 Å². The molecule has 0 unspecified atom stereocenters. The number of hydrogen-bond donors (Lipinski definition) is 2. The Morgan fingerprint density at radius 2 is 2.29 bits per heavy atom. The molecule has 0 aliphatic heterocycles. The zero-order chi connectivity index (χ0) is 5.70. The second kappa shape index (κ2) is 3.80. The predicted octanol–water partition coefficient (Wildman–Crippen LogP) is 0.381. The zero-order valence-electron chi connectivity index (χ0n) is 3.79. The van der Waals surface area contributed by atoms with Crippen molar-refractivity contribution in [3.05, 3.63) is 19.1 Å². The van der Waals surface area contributed by atoms with E-state index in [2.05, 4.69) is 11.3 Å². The molecule has 0 aliphatic carbocycles. The van der Waals surface area contributed by atoms with Crippen LogP contribution in [0.1, 0.15) is 0 Å². The molecule has 0 aromatic rings. The number of aliphatic hydroxyl groups is 2. The molecule has 3 heteroatoms. The maximum Gasteiger partial charge on any atom is 0.365 e. The average molecular weight is 103 g/mol. The van der Waals surface area contributed by atoms with Gasteiger partial charge in [-0.25, -0.2) is 0 Å². The monoisotopic (exact) mass is 103 g/mol. The molecule has 0 saturated heterocycles. The van der Waals surface area contributed by atoms with Gasteiger partial charge in [0.15, 0.2) is 0 Å². The predicted molar refractivity (Wildman–Crippen MR) is 23.3 cm³/mol. The fraction of sp³-hybridized carbons (Fsp3) is 0.250. The first kappa shape index (κ1) is 6.62. The molecule has 7 heavy (non-hydrogen) atoms. The molecule has 0 aliphatic rings. The van der Waals surface area contributed by atoms with Crippen molar-refractivity contribution in [1.29, 1.82) is 0 Å². The summed E-state index contributed by atoms with van der Waals surface area (Å²) in [7, 11) is 0. The van der Waals surface area contributed by atoms with Crippen LogP contribution in [-0.2, 0) is 4.74 Å². The lowest BCUT2D eigenvalue weighted by atomic mass is 10.7. The summed E-state index contributed by atoms with van der Waals surface area (Å²) in [6.07, 6.45) is 1.41. The van der Waals surface area contributed by atoms with Crippen molar-refractivity contribution in [3.63, 3.8) is 0 Å². The van der Waals surface area contributed by atoms with E-state index in [1.54, 1.807) is 0 Å². The highest BCUT2D eigenvalue weighted by atomic mass is 16.7. The SMILES string of the molecule is C=CCO[C](O)O. The van der Waals surface area contributed by atoms with E-state index in [-0.39, 0.29) is 6.61 Å². The molecule has 0 heterocycles. The largest absolute Gasteiger partial charge is 0.365 e. The van der Waals surface area contributed by atoms with Gasteiger partial charge in [0.1, 0.15) is 0 Å². The first-order valence-corrected chi connectivity index (χ1v) is 1.76. The van der Waals surface area contributed by atoms with Gasteiger partial charge in [-0.2, -0.15) is 0 Å². The van der Waals surface area contributed by atoms with Gasteiger partial charge in [-0.3, -0.25) is 0 Å². The number of ether oxygens (including phenoxy) is 1. The van der Waals surface area contributed by atoms with E-state index in [0.717, 1.165) is 0 Å². The van der Waals surface area contributed by atoms with E-state index in [0.29, 0.717) is 0 Å². The maximum atomic E-state index is 7.89. The van der Waals surface area contributed by atoms with Gasteiger partial charge in [0.05, 0.1) is 6.61 Å². The van der Waals surface area contributed by atoms with Gasteiger partial charge in [-0.05, 0) is 0 Å². The van der Waals surface area contributed by atoms with Crippen LogP contribution in [0.5, 0.6) is 0 Å². The molecule has 0 atom stereocenters. The van der Waals surface area contributed by atoms with E-state index in [4.69, 9.17) is 10.2 Å². The molecule has 0 aromatic carbocycles. The van der Waals surface area contributed by atoms with Gasteiger partial charge in [0.2, 0.25) is 0 Å². The van der Waals surface area contributed by atoms with Crippen molar-refractivity contribution < 1.29 is 14.9 Å². The lowest BCUT2D eigenvalue weighted by molar-refractivity contribution is -0.114. The van der Waals surface area contributed by atoms with Crippen molar-refractivity contribution in [2.75, 3.05) is 6.61 Å². The Balaban J connectivity index is 2.81. The molecule has 2 N–H and O–H groups in total. The summed E-state index contributed by atoms with van der Waals surface area (Å²) in [5.74, 6) is 0. The van der Waals surface area contributed by atoms with Crippen molar-refractivity contribution in [1.82, 2.24) is 0 Å². The molecule has 0 bridgehead atoms. The lowest BCUT2D eigenvalue weighted by Crippen LogP contribution is -1.99. The van der Waals surface area contributed by atoms with Gasteiger partial charge < -0.3 is 14.9 Å². The van der Waals surface area contributed by atoms with Crippen molar-refractivity contribution in [2.45, 2.75) is 0 Å². The third-order valence-corrected chi connectivity index (χ3v) is 0.330. The van der Waals surface area contributed by atoms with Gasteiger partial charge in [-0.1, -0.05) is 6.08 Å². The van der Waals surface area contributed by atoms with Gasteiger partial charge >= 0.3 is 6.48 Å². The van der Waals surface area contributed by atoms with Crippen molar-refractivity contribution in [2.24, 2.45) is 0 Å². The highest BCUT2D eigenvalue weighted by Crippen LogP contribution is 1.86. The standard InChI is InChI=1S/C4H7O3/c1-2-3-7-4(5)6/h2,5-6H,1,3H2. The van der Waals surface area contributed by atoms with Crippen LogP contribution in [0.25, 0.3) is 0 Å². The second-order valence-corrected chi connectivity index (χ2v) is 0.882. The molecule has 0 rings (SSSR count). The smallest absolute Gasteiger partial charge is 0.337 e. The van der Waals surface area contributed by atoms with Crippen LogP contribution >= 0.6 is 0 Å². The topological polar surface area (TPSA) is 49.7 Å². The molecule has 0 spiro atoms. The lowest BCUT2D eigenvalue weighted by Gasteiger charge is -1.95. The van der Waals surface area contributed by atoms with E-state index in [9.17, 15) is 0 Å². The van der Waals surface area contributed by atoms with Crippen LogP contribution in [0.3, 0.4) is 0 Å². The first-order chi connectivity index (χ1) is 3.27.